The minimum absolute atomic E-state index is 0.0279. The third-order valence-electron chi connectivity index (χ3n) is 9.51. The monoisotopic (exact) mass is 552 g/mol. The van der Waals surface area contributed by atoms with E-state index in [1.54, 1.807) is 31.4 Å². The number of amides is 3. The van der Waals surface area contributed by atoms with Crippen LogP contribution in [0.15, 0.2) is 46.9 Å². The molecule has 2 aromatic carbocycles. The van der Waals surface area contributed by atoms with Gasteiger partial charge in [0.15, 0.2) is 0 Å². The summed E-state index contributed by atoms with van der Waals surface area (Å²) >= 11 is 3.61. The van der Waals surface area contributed by atoms with Crippen LogP contribution in [0, 0.1) is 23.7 Å². The fourth-order valence-electron chi connectivity index (χ4n) is 8.06. The van der Waals surface area contributed by atoms with E-state index in [4.69, 9.17) is 14.2 Å². The Morgan fingerprint density at radius 1 is 1.11 bits per heavy atom. The van der Waals surface area contributed by atoms with Crippen LogP contribution in [0.25, 0.3) is 0 Å². The second kappa shape index (κ2) is 7.48. The van der Waals surface area contributed by atoms with Crippen LogP contribution in [-0.2, 0) is 9.53 Å². The van der Waals surface area contributed by atoms with Crippen molar-refractivity contribution in [2.24, 2.45) is 23.7 Å². The summed E-state index contributed by atoms with van der Waals surface area (Å²) in [6.45, 7) is 5.05. The molecule has 0 aromatic heterocycles. The van der Waals surface area contributed by atoms with Gasteiger partial charge in [0.25, 0.3) is 5.91 Å². The minimum atomic E-state index is -1.04. The van der Waals surface area contributed by atoms with E-state index in [1.165, 1.54) is 4.90 Å². The van der Waals surface area contributed by atoms with Gasteiger partial charge in [0.05, 0.1) is 31.0 Å². The average molecular weight is 553 g/mol. The first-order valence-corrected chi connectivity index (χ1v) is 13.5. The van der Waals surface area contributed by atoms with Crippen molar-refractivity contribution in [3.8, 4) is 11.5 Å². The van der Waals surface area contributed by atoms with Gasteiger partial charge in [-0.2, -0.15) is 0 Å². The predicted octanol–water partition coefficient (Wildman–Crippen LogP) is 5.18. The molecule has 2 aliphatic carbocycles. The average Bonchev–Trinajstić information content (AvgIpc) is 3.06. The summed E-state index contributed by atoms with van der Waals surface area (Å²) < 4.78 is 19.1. The van der Waals surface area contributed by atoms with Crippen molar-refractivity contribution in [3.05, 3.63) is 52.5 Å². The zero-order chi connectivity index (χ0) is 25.0. The fourth-order valence-corrected chi connectivity index (χ4v) is 8.44. The summed E-state index contributed by atoms with van der Waals surface area (Å²) in [5, 5.41) is 0. The number of benzene rings is 2. The number of rotatable bonds is 5. The first-order valence-electron chi connectivity index (χ1n) is 12.8. The van der Waals surface area contributed by atoms with Gasteiger partial charge in [-0.15, -0.1) is 0 Å². The van der Waals surface area contributed by atoms with Crippen LogP contribution in [0.5, 0.6) is 11.5 Å². The standard InChI is InChI=1S/C28H29BrN2O5/c1-4-36-28(20-10-11-21(20)28)24-19-14-35-22-12-5-15(29)13-18(22)23(19)31-26(33)30(25(32)27(24,31)2)16-6-8-17(34-3)9-7-16/h5-9,12-13,19-21,23-24H,4,10-11,14H2,1-3H3/t19-,20?,21?,23?,24+,27-,28?/m0/s1. The Balaban J connectivity index is 1.41. The molecular weight excluding hydrogens is 524 g/mol. The number of methoxy groups -OCH3 is 1. The number of ether oxygens (including phenoxy) is 3. The van der Waals surface area contributed by atoms with E-state index in [0.717, 1.165) is 28.6 Å². The Bertz CT molecular complexity index is 1270. The number of fused-ring (bicyclic) bond motifs is 6. The zero-order valence-corrected chi connectivity index (χ0v) is 22.2. The summed E-state index contributed by atoms with van der Waals surface area (Å²) in [6, 6.07) is 12.5. The molecular formula is C28H29BrN2O5. The minimum Gasteiger partial charge on any atom is -0.497 e. The number of imide groups is 1. The Kier molecular flexibility index (Phi) is 4.70. The third-order valence-corrected chi connectivity index (χ3v) is 10.0. The quantitative estimate of drug-likeness (QED) is 0.478. The summed E-state index contributed by atoms with van der Waals surface area (Å²) in [5.74, 6) is 1.98. The lowest BCUT2D eigenvalue weighted by Gasteiger charge is -2.38. The van der Waals surface area contributed by atoms with Crippen molar-refractivity contribution in [3.63, 3.8) is 0 Å². The summed E-state index contributed by atoms with van der Waals surface area (Å²) in [6.07, 6.45) is 2.23. The molecule has 0 N–H and O–H groups in total. The number of hydrogen-bond acceptors (Lipinski definition) is 5. The molecule has 5 aliphatic rings. The highest BCUT2D eigenvalue weighted by Gasteiger charge is 2.83. The highest BCUT2D eigenvalue weighted by atomic mass is 79.9. The Morgan fingerprint density at radius 3 is 2.47 bits per heavy atom. The molecule has 2 saturated carbocycles. The second-order valence-corrected chi connectivity index (χ2v) is 11.7. The Morgan fingerprint density at radius 2 is 1.83 bits per heavy atom. The fraction of sp³-hybridized carbons (Fsp3) is 0.500. The van der Waals surface area contributed by atoms with Crippen molar-refractivity contribution in [1.29, 1.82) is 0 Å². The molecule has 3 aliphatic heterocycles. The van der Waals surface area contributed by atoms with Crippen molar-refractivity contribution in [1.82, 2.24) is 4.90 Å². The van der Waals surface area contributed by atoms with Crippen molar-refractivity contribution in [2.45, 2.75) is 43.9 Å². The second-order valence-electron chi connectivity index (χ2n) is 10.8. The first-order chi connectivity index (χ1) is 17.4. The molecule has 3 amide bonds. The van der Waals surface area contributed by atoms with Gasteiger partial charge < -0.3 is 19.1 Å². The topological polar surface area (TPSA) is 68.3 Å². The van der Waals surface area contributed by atoms with Crippen molar-refractivity contribution >= 4 is 33.6 Å². The number of nitrogens with zero attached hydrogens (tertiary/aromatic N) is 2. The van der Waals surface area contributed by atoms with Crippen molar-refractivity contribution < 1.29 is 23.8 Å². The lowest BCUT2D eigenvalue weighted by Crippen LogP contribution is -2.54. The lowest BCUT2D eigenvalue weighted by atomic mass is 9.72. The molecule has 36 heavy (non-hydrogen) atoms. The molecule has 0 spiro atoms. The van der Waals surface area contributed by atoms with Crippen LogP contribution < -0.4 is 14.4 Å². The number of halogens is 1. The van der Waals surface area contributed by atoms with E-state index < -0.39 is 5.54 Å². The SMILES string of the molecule is CCOC1([C@@H]2[C@H]3COc4ccc(Br)cc4C3N3C(=O)N(c4ccc(OC)cc4)C(=O)[C@]23C)C2CCC21. The van der Waals surface area contributed by atoms with Crippen molar-refractivity contribution in [2.75, 3.05) is 25.2 Å². The van der Waals surface area contributed by atoms with E-state index >= 15 is 0 Å². The van der Waals surface area contributed by atoms with Gasteiger partial charge in [-0.3, -0.25) is 4.79 Å². The van der Waals surface area contributed by atoms with E-state index in [-0.39, 0.29) is 35.4 Å². The summed E-state index contributed by atoms with van der Waals surface area (Å²) in [7, 11) is 1.60. The van der Waals surface area contributed by atoms with Gasteiger partial charge in [-0.25, -0.2) is 9.69 Å². The molecule has 7 nitrogen and oxygen atoms in total. The van der Waals surface area contributed by atoms with Crippen LogP contribution in [-0.4, -0.2) is 48.3 Å². The maximum atomic E-state index is 14.4. The summed E-state index contributed by atoms with van der Waals surface area (Å²) in [4.78, 5) is 31.9. The van der Waals surface area contributed by atoms with Crippen LogP contribution in [0.4, 0.5) is 10.5 Å². The predicted molar refractivity (Wildman–Crippen MR) is 136 cm³/mol. The molecule has 0 radical (unpaired) electrons. The number of anilines is 1. The molecule has 6 atom stereocenters. The van der Waals surface area contributed by atoms with Crippen LogP contribution in [0.1, 0.15) is 38.3 Å². The smallest absolute Gasteiger partial charge is 0.332 e. The highest BCUT2D eigenvalue weighted by Crippen LogP contribution is 2.76. The Hall–Kier alpha value is -2.58. The van der Waals surface area contributed by atoms with Gasteiger partial charge >= 0.3 is 6.03 Å². The molecule has 3 unspecified atom stereocenters. The van der Waals surface area contributed by atoms with E-state index in [2.05, 4.69) is 15.9 Å². The van der Waals surface area contributed by atoms with Gasteiger partial charge in [-0.05, 0) is 81.0 Å². The van der Waals surface area contributed by atoms with E-state index in [9.17, 15) is 9.59 Å². The molecule has 4 fully saturated rings. The summed E-state index contributed by atoms with van der Waals surface area (Å²) in [5.41, 5.74) is 0.0840. The van der Waals surface area contributed by atoms with E-state index in [0.29, 0.717) is 36.5 Å². The van der Waals surface area contributed by atoms with Gasteiger partial charge in [0.2, 0.25) is 0 Å². The van der Waals surface area contributed by atoms with Crippen LogP contribution in [0.3, 0.4) is 0 Å². The van der Waals surface area contributed by atoms with Crippen LogP contribution >= 0.6 is 15.9 Å². The van der Waals surface area contributed by atoms with Gasteiger partial charge in [0, 0.05) is 28.5 Å². The molecule has 2 saturated heterocycles. The lowest BCUT2D eigenvalue weighted by molar-refractivity contribution is -0.131. The molecule has 188 valence electrons. The van der Waals surface area contributed by atoms with Crippen LogP contribution in [0.2, 0.25) is 0 Å². The molecule has 7 rings (SSSR count). The molecule has 0 bridgehead atoms. The third kappa shape index (κ3) is 2.57. The largest absolute Gasteiger partial charge is 0.497 e. The number of hydrogen-bond donors (Lipinski definition) is 0. The number of carbonyl (C=O) groups is 2. The maximum absolute atomic E-state index is 14.4. The zero-order valence-electron chi connectivity index (χ0n) is 20.6. The number of carbonyl (C=O) groups excluding carboxylic acids is 2. The Labute approximate surface area is 218 Å². The van der Waals surface area contributed by atoms with Gasteiger partial charge in [-0.1, -0.05) is 15.9 Å². The molecule has 8 heteroatoms. The van der Waals surface area contributed by atoms with Gasteiger partial charge in [0.1, 0.15) is 17.0 Å². The molecule has 2 aromatic rings. The number of urea groups is 1. The van der Waals surface area contributed by atoms with E-state index in [1.807, 2.05) is 36.9 Å². The highest BCUT2D eigenvalue weighted by molar-refractivity contribution is 9.10. The maximum Gasteiger partial charge on any atom is 0.332 e. The first kappa shape index (κ1) is 22.6. The normalized spacial score (nSPS) is 37.5. The molecule has 3 heterocycles.